The predicted molar refractivity (Wildman–Crippen MR) is 108 cm³/mol. The summed E-state index contributed by atoms with van der Waals surface area (Å²) in [4.78, 5) is 27.5. The Bertz CT molecular complexity index is 671. The molecule has 2 N–H and O–H groups in total. The second-order valence-corrected chi connectivity index (χ2v) is 8.14. The molecule has 2 fully saturated rings. The van der Waals surface area contributed by atoms with Crippen LogP contribution in [-0.2, 0) is 9.53 Å². The number of hydrogen-bond acceptors (Lipinski definition) is 4. The molecule has 3 rings (SSSR count). The van der Waals surface area contributed by atoms with Crippen LogP contribution in [-0.4, -0.2) is 47.9 Å². The number of carbonyl (C=O) groups is 2. The van der Waals surface area contributed by atoms with Crippen molar-refractivity contribution in [3.8, 4) is 0 Å². The lowest BCUT2D eigenvalue weighted by Gasteiger charge is -2.59. The van der Waals surface area contributed by atoms with Gasteiger partial charge < -0.3 is 15.4 Å². The Labute approximate surface area is 168 Å². The molecule has 0 radical (unpaired) electrons. The molecule has 1 amide bonds. The molecule has 150 valence electrons. The summed E-state index contributed by atoms with van der Waals surface area (Å²) in [7, 11) is 0. The Hall–Kier alpha value is -1.43. The summed E-state index contributed by atoms with van der Waals surface area (Å²) >= 11 is 0. The topological polar surface area (TPSA) is 72.6 Å². The van der Waals surface area contributed by atoms with Gasteiger partial charge in [0.1, 0.15) is 5.54 Å². The summed E-state index contributed by atoms with van der Waals surface area (Å²) < 4.78 is 5.73. The van der Waals surface area contributed by atoms with Crippen molar-refractivity contribution >= 4 is 24.1 Å². The average molecular weight is 395 g/mol. The Balaban J connectivity index is 0.00000261. The van der Waals surface area contributed by atoms with Crippen LogP contribution in [0.1, 0.15) is 50.4 Å². The van der Waals surface area contributed by atoms with Crippen molar-refractivity contribution in [2.45, 2.75) is 51.7 Å². The number of hydrogen-bond donors (Lipinski definition) is 1. The van der Waals surface area contributed by atoms with Gasteiger partial charge in [-0.25, -0.2) is 0 Å². The summed E-state index contributed by atoms with van der Waals surface area (Å²) in [6, 6.07) is 9.41. The SMILES string of the molecule is CCOC1CC(N)(C(=O)N2CCC(C(=O)c3ccccc3)CC2)C1(C)C.Cl. The van der Waals surface area contributed by atoms with Crippen LogP contribution in [0.4, 0.5) is 0 Å². The number of nitrogens with two attached hydrogens (primary N) is 1. The summed E-state index contributed by atoms with van der Waals surface area (Å²) in [5.74, 6) is 0.172. The van der Waals surface area contributed by atoms with Gasteiger partial charge in [0.25, 0.3) is 0 Å². The van der Waals surface area contributed by atoms with Gasteiger partial charge in [0.2, 0.25) is 5.91 Å². The highest BCUT2D eigenvalue weighted by atomic mass is 35.5. The van der Waals surface area contributed by atoms with Crippen LogP contribution in [0.25, 0.3) is 0 Å². The highest BCUT2D eigenvalue weighted by Gasteiger charge is 2.63. The van der Waals surface area contributed by atoms with Crippen molar-refractivity contribution in [2.24, 2.45) is 17.1 Å². The van der Waals surface area contributed by atoms with Crippen molar-refractivity contribution < 1.29 is 14.3 Å². The lowest BCUT2D eigenvalue weighted by molar-refractivity contribution is -0.180. The zero-order valence-electron chi connectivity index (χ0n) is 16.4. The van der Waals surface area contributed by atoms with Gasteiger partial charge >= 0.3 is 0 Å². The number of Topliss-reactive ketones (excluding diaryl/α,β-unsaturated/α-hetero) is 1. The number of carbonyl (C=O) groups excluding carboxylic acids is 2. The van der Waals surface area contributed by atoms with E-state index in [0.717, 1.165) is 5.56 Å². The number of amides is 1. The van der Waals surface area contributed by atoms with Gasteiger partial charge in [-0.2, -0.15) is 0 Å². The van der Waals surface area contributed by atoms with Gasteiger partial charge in [0, 0.05) is 43.0 Å². The van der Waals surface area contributed by atoms with E-state index < -0.39 is 5.54 Å². The number of ether oxygens (including phenoxy) is 1. The minimum atomic E-state index is -0.872. The summed E-state index contributed by atoms with van der Waals surface area (Å²) in [6.07, 6.45) is 1.99. The van der Waals surface area contributed by atoms with Crippen LogP contribution in [0.2, 0.25) is 0 Å². The molecule has 27 heavy (non-hydrogen) atoms. The third kappa shape index (κ3) is 3.78. The fourth-order valence-electron chi connectivity index (χ4n) is 4.26. The minimum absolute atomic E-state index is 0. The van der Waals surface area contributed by atoms with E-state index in [1.54, 1.807) is 0 Å². The summed E-state index contributed by atoms with van der Waals surface area (Å²) in [6.45, 7) is 7.81. The monoisotopic (exact) mass is 394 g/mol. The van der Waals surface area contributed by atoms with Crippen molar-refractivity contribution in [3.63, 3.8) is 0 Å². The lowest BCUT2D eigenvalue weighted by atomic mass is 9.54. The fraction of sp³-hybridized carbons (Fsp3) is 0.619. The van der Waals surface area contributed by atoms with Crippen LogP contribution in [0, 0.1) is 11.3 Å². The van der Waals surface area contributed by atoms with E-state index in [1.807, 2.05) is 56.0 Å². The number of ketones is 1. The maximum atomic E-state index is 13.1. The average Bonchev–Trinajstić information content (AvgIpc) is 2.67. The van der Waals surface area contributed by atoms with Gasteiger partial charge in [0.15, 0.2) is 5.78 Å². The number of halogens is 1. The van der Waals surface area contributed by atoms with Crippen molar-refractivity contribution in [1.29, 1.82) is 0 Å². The second-order valence-electron chi connectivity index (χ2n) is 8.14. The first-order valence-corrected chi connectivity index (χ1v) is 9.60. The molecular formula is C21H31ClN2O3. The highest BCUT2D eigenvalue weighted by molar-refractivity contribution is 5.98. The maximum absolute atomic E-state index is 13.1. The zero-order valence-corrected chi connectivity index (χ0v) is 17.3. The van der Waals surface area contributed by atoms with Gasteiger partial charge in [0.05, 0.1) is 6.10 Å². The predicted octanol–water partition coefficient (Wildman–Crippen LogP) is 3.06. The first-order chi connectivity index (χ1) is 12.3. The quantitative estimate of drug-likeness (QED) is 0.779. The Kier molecular flexibility index (Phi) is 6.72. The standard InChI is InChI=1S/C21H30N2O3.ClH/c1-4-26-17-14-21(22,20(17,2)3)19(25)23-12-10-16(11-13-23)18(24)15-8-6-5-7-9-15;/h5-9,16-17H,4,10-14,22H2,1-3H3;1H. The first kappa shape index (κ1) is 21.9. The van der Waals surface area contributed by atoms with Gasteiger partial charge in [-0.15, -0.1) is 12.4 Å². The largest absolute Gasteiger partial charge is 0.378 e. The molecule has 1 aromatic rings. The molecule has 1 saturated heterocycles. The molecule has 1 saturated carbocycles. The molecule has 0 spiro atoms. The molecule has 1 heterocycles. The highest BCUT2D eigenvalue weighted by Crippen LogP contribution is 2.50. The third-order valence-electron chi connectivity index (χ3n) is 6.42. The van der Waals surface area contributed by atoms with Crippen molar-refractivity contribution in [3.05, 3.63) is 35.9 Å². The van der Waals surface area contributed by atoms with E-state index in [4.69, 9.17) is 10.5 Å². The molecule has 6 heteroatoms. The molecule has 5 nitrogen and oxygen atoms in total. The number of nitrogens with zero attached hydrogens (tertiary/aromatic N) is 1. The Morgan fingerprint density at radius 1 is 1.19 bits per heavy atom. The van der Waals surface area contributed by atoms with Crippen LogP contribution in [0.3, 0.4) is 0 Å². The molecule has 0 aromatic heterocycles. The Morgan fingerprint density at radius 3 is 2.30 bits per heavy atom. The van der Waals surface area contributed by atoms with Crippen molar-refractivity contribution in [2.75, 3.05) is 19.7 Å². The molecule has 2 aliphatic rings. The molecule has 2 atom stereocenters. The minimum Gasteiger partial charge on any atom is -0.378 e. The van der Waals surface area contributed by atoms with E-state index >= 15 is 0 Å². The van der Waals surface area contributed by atoms with Crippen LogP contribution < -0.4 is 5.73 Å². The number of rotatable bonds is 5. The molecule has 0 bridgehead atoms. The molecular weight excluding hydrogens is 364 g/mol. The molecule has 1 aliphatic heterocycles. The van der Waals surface area contributed by atoms with Gasteiger partial charge in [-0.05, 0) is 19.8 Å². The maximum Gasteiger partial charge on any atom is 0.243 e. The summed E-state index contributed by atoms with van der Waals surface area (Å²) in [5.41, 5.74) is 6.03. The summed E-state index contributed by atoms with van der Waals surface area (Å²) in [5, 5.41) is 0. The zero-order chi connectivity index (χ0) is 18.9. The van der Waals surface area contributed by atoms with Gasteiger partial charge in [-0.1, -0.05) is 44.2 Å². The van der Waals surface area contributed by atoms with Crippen LogP contribution >= 0.6 is 12.4 Å². The lowest BCUT2D eigenvalue weighted by Crippen LogP contribution is -2.76. The van der Waals surface area contributed by atoms with Crippen LogP contribution in [0.5, 0.6) is 0 Å². The normalized spacial score (nSPS) is 27.4. The number of likely N-dealkylation sites (tertiary alicyclic amines) is 1. The second kappa shape index (κ2) is 8.29. The number of piperidine rings is 1. The third-order valence-corrected chi connectivity index (χ3v) is 6.42. The van der Waals surface area contributed by atoms with Crippen molar-refractivity contribution in [1.82, 2.24) is 4.90 Å². The van der Waals surface area contributed by atoms with E-state index in [1.165, 1.54) is 0 Å². The Morgan fingerprint density at radius 2 is 1.78 bits per heavy atom. The molecule has 1 aliphatic carbocycles. The van der Waals surface area contributed by atoms with E-state index in [2.05, 4.69) is 0 Å². The first-order valence-electron chi connectivity index (χ1n) is 9.60. The number of benzene rings is 1. The van der Waals surface area contributed by atoms with E-state index in [-0.39, 0.29) is 41.5 Å². The van der Waals surface area contributed by atoms with E-state index in [9.17, 15) is 9.59 Å². The fourth-order valence-corrected chi connectivity index (χ4v) is 4.26. The molecule has 1 aromatic carbocycles. The smallest absolute Gasteiger partial charge is 0.243 e. The van der Waals surface area contributed by atoms with E-state index in [0.29, 0.717) is 39.0 Å². The van der Waals surface area contributed by atoms with Crippen LogP contribution in [0.15, 0.2) is 30.3 Å². The molecule has 2 unspecified atom stereocenters. The van der Waals surface area contributed by atoms with Gasteiger partial charge in [-0.3, -0.25) is 9.59 Å².